The maximum atomic E-state index is 12.1. The molecule has 31 heavy (non-hydrogen) atoms. The van der Waals surface area contributed by atoms with Gasteiger partial charge < -0.3 is 15.5 Å². The number of hydrogen-bond acceptors (Lipinski definition) is 3. The van der Waals surface area contributed by atoms with E-state index >= 15 is 0 Å². The summed E-state index contributed by atoms with van der Waals surface area (Å²) in [6.07, 6.45) is 24.2. The molecule has 4 heteroatoms. The van der Waals surface area contributed by atoms with E-state index in [2.05, 4.69) is 19.2 Å². The molecule has 0 bridgehead atoms. The maximum absolute atomic E-state index is 12.1. The minimum Gasteiger partial charge on any atom is -0.394 e. The molecule has 0 aliphatic heterocycles. The van der Waals surface area contributed by atoms with E-state index in [4.69, 9.17) is 0 Å². The summed E-state index contributed by atoms with van der Waals surface area (Å²) >= 11 is 0. The normalized spacial score (nSPS) is 13.3. The summed E-state index contributed by atoms with van der Waals surface area (Å²) in [5.41, 5.74) is 0. The summed E-state index contributed by atoms with van der Waals surface area (Å²) in [6.45, 7) is 4.30. The zero-order valence-corrected chi connectivity index (χ0v) is 21.0. The number of unbranched alkanes of at least 4 members (excludes halogenated alkanes) is 17. The molecule has 1 amide bonds. The van der Waals surface area contributed by atoms with E-state index < -0.39 is 12.1 Å². The first-order chi connectivity index (χ1) is 15.2. The van der Waals surface area contributed by atoms with E-state index in [1.54, 1.807) is 0 Å². The highest BCUT2D eigenvalue weighted by Gasteiger charge is 2.19. The second kappa shape index (κ2) is 24.0. The molecule has 0 radical (unpaired) electrons. The van der Waals surface area contributed by atoms with Gasteiger partial charge in [-0.3, -0.25) is 4.79 Å². The van der Waals surface area contributed by atoms with Crippen molar-refractivity contribution in [1.29, 1.82) is 0 Å². The number of aliphatic hydroxyl groups is 2. The number of rotatable bonds is 24. The van der Waals surface area contributed by atoms with Gasteiger partial charge >= 0.3 is 0 Å². The van der Waals surface area contributed by atoms with Crippen molar-refractivity contribution in [3.8, 4) is 0 Å². The standard InChI is InChI=1S/C27H55NO3/c1-3-5-7-9-11-13-15-16-18-20-22-26(30)25(24-29)28-27(31)23-21-19-17-14-12-10-8-6-4-2/h25-26,29-30H,3-24H2,1-2H3,(H,28,31)/t25-,26+/m0/s1. The van der Waals surface area contributed by atoms with Gasteiger partial charge in [0.15, 0.2) is 0 Å². The molecule has 2 atom stereocenters. The number of aliphatic hydroxyl groups excluding tert-OH is 2. The summed E-state index contributed by atoms with van der Waals surface area (Å²) in [4.78, 5) is 12.1. The van der Waals surface area contributed by atoms with Gasteiger partial charge in [0.25, 0.3) is 0 Å². The minimum absolute atomic E-state index is 0.0379. The second-order valence-electron chi connectivity index (χ2n) is 9.47. The molecule has 0 saturated heterocycles. The highest BCUT2D eigenvalue weighted by molar-refractivity contribution is 5.76. The lowest BCUT2D eigenvalue weighted by molar-refractivity contribution is -0.123. The molecule has 0 heterocycles. The fraction of sp³-hybridized carbons (Fsp3) is 0.963. The quantitative estimate of drug-likeness (QED) is 0.140. The smallest absolute Gasteiger partial charge is 0.220 e. The van der Waals surface area contributed by atoms with Crippen molar-refractivity contribution < 1.29 is 15.0 Å². The Kier molecular flexibility index (Phi) is 23.6. The van der Waals surface area contributed by atoms with Crippen LogP contribution >= 0.6 is 0 Å². The van der Waals surface area contributed by atoms with E-state index in [0.717, 1.165) is 25.7 Å². The molecule has 186 valence electrons. The highest BCUT2D eigenvalue weighted by atomic mass is 16.3. The monoisotopic (exact) mass is 441 g/mol. The van der Waals surface area contributed by atoms with Gasteiger partial charge in [0.2, 0.25) is 5.91 Å². The summed E-state index contributed by atoms with van der Waals surface area (Å²) in [5.74, 6) is -0.0379. The van der Waals surface area contributed by atoms with Gasteiger partial charge in [-0.05, 0) is 12.8 Å². The molecule has 0 rings (SSSR count). The SMILES string of the molecule is CCCCCCCCCCCC[C@@H](O)[C@H](CO)NC(=O)CCCCCCCCCCC. The number of carbonyl (C=O) groups is 1. The van der Waals surface area contributed by atoms with Crippen LogP contribution in [0.5, 0.6) is 0 Å². The predicted octanol–water partition coefficient (Wildman–Crippen LogP) is 7.06. The van der Waals surface area contributed by atoms with Crippen molar-refractivity contribution in [3.05, 3.63) is 0 Å². The Morgan fingerprint density at radius 2 is 1.03 bits per heavy atom. The van der Waals surface area contributed by atoms with E-state index in [1.165, 1.54) is 96.3 Å². The predicted molar refractivity (Wildman–Crippen MR) is 133 cm³/mol. The van der Waals surface area contributed by atoms with Gasteiger partial charge in [-0.2, -0.15) is 0 Å². The van der Waals surface area contributed by atoms with Crippen LogP contribution < -0.4 is 5.32 Å². The van der Waals surface area contributed by atoms with Crippen LogP contribution in [0.25, 0.3) is 0 Å². The average Bonchev–Trinajstić information content (AvgIpc) is 2.77. The molecule has 0 fully saturated rings. The first kappa shape index (κ1) is 30.4. The van der Waals surface area contributed by atoms with E-state index in [1.807, 2.05) is 0 Å². The Morgan fingerprint density at radius 1 is 0.645 bits per heavy atom. The lowest BCUT2D eigenvalue weighted by atomic mass is 10.0. The molecular formula is C27H55NO3. The molecule has 0 aromatic heterocycles. The van der Waals surface area contributed by atoms with Gasteiger partial charge in [0.05, 0.1) is 18.8 Å². The molecule has 0 saturated carbocycles. The van der Waals surface area contributed by atoms with Crippen LogP contribution in [0.1, 0.15) is 149 Å². The highest BCUT2D eigenvalue weighted by Crippen LogP contribution is 2.14. The van der Waals surface area contributed by atoms with Gasteiger partial charge in [-0.25, -0.2) is 0 Å². The minimum atomic E-state index is -0.647. The fourth-order valence-corrected chi connectivity index (χ4v) is 4.18. The Balaban J connectivity index is 3.63. The number of carbonyl (C=O) groups excluding carboxylic acids is 1. The lowest BCUT2D eigenvalue weighted by Crippen LogP contribution is -2.45. The lowest BCUT2D eigenvalue weighted by Gasteiger charge is -2.22. The topological polar surface area (TPSA) is 69.6 Å². The molecule has 0 aliphatic rings. The van der Waals surface area contributed by atoms with Crippen molar-refractivity contribution in [1.82, 2.24) is 5.32 Å². The molecular weight excluding hydrogens is 386 g/mol. The second-order valence-corrected chi connectivity index (χ2v) is 9.47. The maximum Gasteiger partial charge on any atom is 0.220 e. The zero-order chi connectivity index (χ0) is 23.0. The first-order valence-corrected chi connectivity index (χ1v) is 13.7. The Hall–Kier alpha value is -0.610. The van der Waals surface area contributed by atoms with Gasteiger partial charge in [0, 0.05) is 6.42 Å². The Morgan fingerprint density at radius 3 is 1.45 bits per heavy atom. The van der Waals surface area contributed by atoms with Gasteiger partial charge in [-0.1, -0.05) is 129 Å². The molecule has 4 nitrogen and oxygen atoms in total. The summed E-state index contributed by atoms with van der Waals surface area (Å²) in [5, 5.41) is 22.7. The summed E-state index contributed by atoms with van der Waals surface area (Å²) in [7, 11) is 0. The van der Waals surface area contributed by atoms with Crippen LogP contribution in [-0.2, 0) is 4.79 Å². The zero-order valence-electron chi connectivity index (χ0n) is 21.0. The van der Waals surface area contributed by atoms with Gasteiger partial charge in [-0.15, -0.1) is 0 Å². The average molecular weight is 442 g/mol. The molecule has 0 aliphatic carbocycles. The summed E-state index contributed by atoms with van der Waals surface area (Å²) < 4.78 is 0. The Bertz CT molecular complexity index is 375. The van der Waals surface area contributed by atoms with Crippen molar-refractivity contribution >= 4 is 5.91 Å². The van der Waals surface area contributed by atoms with Crippen LogP contribution in [0.15, 0.2) is 0 Å². The third-order valence-corrected chi connectivity index (χ3v) is 6.37. The molecule has 0 aromatic rings. The van der Waals surface area contributed by atoms with E-state index in [-0.39, 0.29) is 12.5 Å². The fourth-order valence-electron chi connectivity index (χ4n) is 4.18. The van der Waals surface area contributed by atoms with Crippen LogP contribution in [0, 0.1) is 0 Å². The first-order valence-electron chi connectivity index (χ1n) is 13.7. The van der Waals surface area contributed by atoms with Gasteiger partial charge in [0.1, 0.15) is 0 Å². The largest absolute Gasteiger partial charge is 0.394 e. The molecule has 0 aromatic carbocycles. The summed E-state index contributed by atoms with van der Waals surface area (Å²) in [6, 6.07) is -0.523. The number of nitrogens with one attached hydrogen (secondary N) is 1. The van der Waals surface area contributed by atoms with Crippen molar-refractivity contribution in [2.24, 2.45) is 0 Å². The van der Waals surface area contributed by atoms with Crippen LogP contribution in [0.4, 0.5) is 0 Å². The molecule has 3 N–H and O–H groups in total. The van der Waals surface area contributed by atoms with Crippen molar-refractivity contribution in [2.75, 3.05) is 6.61 Å². The molecule has 0 spiro atoms. The van der Waals surface area contributed by atoms with Crippen LogP contribution in [0.2, 0.25) is 0 Å². The third-order valence-electron chi connectivity index (χ3n) is 6.37. The van der Waals surface area contributed by atoms with Crippen LogP contribution in [-0.4, -0.2) is 34.9 Å². The molecule has 0 unspecified atom stereocenters. The number of hydrogen-bond donors (Lipinski definition) is 3. The number of amides is 1. The van der Waals surface area contributed by atoms with Crippen molar-refractivity contribution in [3.63, 3.8) is 0 Å². The van der Waals surface area contributed by atoms with E-state index in [0.29, 0.717) is 12.8 Å². The van der Waals surface area contributed by atoms with E-state index in [9.17, 15) is 15.0 Å². The Labute approximate surface area is 194 Å². The van der Waals surface area contributed by atoms with Crippen LogP contribution in [0.3, 0.4) is 0 Å². The third kappa shape index (κ3) is 21.0. The van der Waals surface area contributed by atoms with Crippen molar-refractivity contribution in [2.45, 2.75) is 161 Å².